The second kappa shape index (κ2) is 4.28. The number of rotatable bonds is 4. The van der Waals surface area contributed by atoms with E-state index in [1.165, 1.54) is 0 Å². The van der Waals surface area contributed by atoms with E-state index in [4.69, 9.17) is 9.52 Å². The van der Waals surface area contributed by atoms with Crippen molar-refractivity contribution in [3.8, 4) is 0 Å². The van der Waals surface area contributed by atoms with Gasteiger partial charge in [-0.3, -0.25) is 0 Å². The molecule has 4 nitrogen and oxygen atoms in total. The average Bonchev–Trinajstić information content (AvgIpc) is 2.48. The van der Waals surface area contributed by atoms with Gasteiger partial charge in [-0.15, -0.1) is 0 Å². The average molecular weight is 184 g/mol. The summed E-state index contributed by atoms with van der Waals surface area (Å²) in [5, 5.41) is 11.9. The van der Waals surface area contributed by atoms with Crippen LogP contribution in [0.4, 0.5) is 6.01 Å². The van der Waals surface area contributed by atoms with Crippen LogP contribution in [0.2, 0.25) is 0 Å². The fourth-order valence-electron chi connectivity index (χ4n) is 0.870. The van der Waals surface area contributed by atoms with E-state index in [1.807, 2.05) is 13.8 Å². The maximum Gasteiger partial charge on any atom is 0.294 e. The van der Waals surface area contributed by atoms with E-state index in [2.05, 4.69) is 10.3 Å². The molecule has 0 bridgehead atoms. The molecule has 0 aliphatic carbocycles. The van der Waals surface area contributed by atoms with Crippen LogP contribution in [0.25, 0.3) is 0 Å². The summed E-state index contributed by atoms with van der Waals surface area (Å²) in [6.45, 7) is 6.25. The van der Waals surface area contributed by atoms with Crippen LogP contribution in [0.5, 0.6) is 0 Å². The molecule has 74 valence electrons. The minimum Gasteiger partial charge on any atom is -0.429 e. The van der Waals surface area contributed by atoms with Gasteiger partial charge in [-0.25, -0.2) is 4.98 Å². The number of aliphatic hydroxyl groups excluding tert-OH is 1. The molecule has 0 unspecified atom stereocenters. The van der Waals surface area contributed by atoms with Gasteiger partial charge in [-0.1, -0.05) is 13.8 Å². The first-order valence-electron chi connectivity index (χ1n) is 4.47. The van der Waals surface area contributed by atoms with Crippen LogP contribution in [0, 0.1) is 0 Å². The van der Waals surface area contributed by atoms with Crippen molar-refractivity contribution in [3.63, 3.8) is 0 Å². The minimum atomic E-state index is -0.394. The number of hydrogen-bond acceptors (Lipinski definition) is 4. The molecule has 0 spiro atoms. The Hall–Kier alpha value is -1.03. The monoisotopic (exact) mass is 184 g/mol. The van der Waals surface area contributed by atoms with E-state index in [9.17, 15) is 0 Å². The predicted octanol–water partition coefficient (Wildman–Crippen LogP) is 1.59. The third-order valence-electron chi connectivity index (χ3n) is 1.64. The van der Waals surface area contributed by atoms with Crippen molar-refractivity contribution in [1.82, 2.24) is 4.98 Å². The van der Waals surface area contributed by atoms with Crippen LogP contribution >= 0.6 is 0 Å². The fraction of sp³-hybridized carbons (Fsp3) is 0.667. The summed E-state index contributed by atoms with van der Waals surface area (Å²) in [5.74, 6) is 1.20. The van der Waals surface area contributed by atoms with Crippen molar-refractivity contribution in [2.24, 2.45) is 0 Å². The molecule has 0 aliphatic rings. The Kier molecular flexibility index (Phi) is 3.31. The lowest BCUT2D eigenvalue weighted by atomic mass is 10.2. The lowest BCUT2D eigenvalue weighted by molar-refractivity contribution is 0.207. The second-order valence-corrected chi connectivity index (χ2v) is 3.45. The van der Waals surface area contributed by atoms with Crippen LogP contribution in [-0.2, 0) is 0 Å². The molecule has 1 aromatic heterocycles. The number of hydrogen-bond donors (Lipinski definition) is 2. The highest BCUT2D eigenvalue weighted by atomic mass is 16.4. The highest BCUT2D eigenvalue weighted by Crippen LogP contribution is 2.17. The zero-order chi connectivity index (χ0) is 9.84. The fourth-order valence-corrected chi connectivity index (χ4v) is 0.870. The number of nitrogens with zero attached hydrogens (tertiary/aromatic N) is 1. The first-order chi connectivity index (χ1) is 6.09. The van der Waals surface area contributed by atoms with E-state index in [-0.39, 0.29) is 0 Å². The molecule has 0 saturated heterocycles. The van der Waals surface area contributed by atoms with Gasteiger partial charge >= 0.3 is 0 Å². The van der Waals surface area contributed by atoms with Gasteiger partial charge in [-0.05, 0) is 6.92 Å². The van der Waals surface area contributed by atoms with E-state index in [0.29, 0.717) is 18.5 Å². The maximum absolute atomic E-state index is 9.00. The molecule has 4 heteroatoms. The molecule has 0 aromatic carbocycles. The SMILES string of the molecule is CC(C)c1cnc(NC[C@H](C)O)o1. The molecule has 1 heterocycles. The number of anilines is 1. The summed E-state index contributed by atoms with van der Waals surface area (Å²) in [5.41, 5.74) is 0. The van der Waals surface area contributed by atoms with Crippen LogP contribution < -0.4 is 5.32 Å². The highest BCUT2D eigenvalue weighted by molar-refractivity contribution is 5.21. The quantitative estimate of drug-likeness (QED) is 0.746. The summed E-state index contributed by atoms with van der Waals surface area (Å²) >= 11 is 0. The molecule has 0 fully saturated rings. The molecule has 0 amide bonds. The first-order valence-corrected chi connectivity index (χ1v) is 4.47. The Balaban J connectivity index is 2.49. The summed E-state index contributed by atoms with van der Waals surface area (Å²) in [6.07, 6.45) is 1.31. The van der Waals surface area contributed by atoms with Crippen molar-refractivity contribution < 1.29 is 9.52 Å². The molecule has 13 heavy (non-hydrogen) atoms. The van der Waals surface area contributed by atoms with Crippen molar-refractivity contribution in [1.29, 1.82) is 0 Å². The Morgan fingerprint density at radius 1 is 1.54 bits per heavy atom. The Labute approximate surface area is 78.0 Å². The molecule has 2 N–H and O–H groups in total. The number of aromatic nitrogens is 1. The Morgan fingerprint density at radius 2 is 2.23 bits per heavy atom. The third kappa shape index (κ3) is 3.06. The molecule has 1 atom stereocenters. The molecule has 0 radical (unpaired) electrons. The van der Waals surface area contributed by atoms with Crippen molar-refractivity contribution in [2.75, 3.05) is 11.9 Å². The van der Waals surface area contributed by atoms with Crippen molar-refractivity contribution in [3.05, 3.63) is 12.0 Å². The van der Waals surface area contributed by atoms with E-state index in [1.54, 1.807) is 13.1 Å². The van der Waals surface area contributed by atoms with Crippen LogP contribution in [0.1, 0.15) is 32.4 Å². The molecular formula is C9H16N2O2. The Morgan fingerprint density at radius 3 is 2.69 bits per heavy atom. The van der Waals surface area contributed by atoms with E-state index >= 15 is 0 Å². The Bertz CT molecular complexity index is 256. The largest absolute Gasteiger partial charge is 0.429 e. The molecular weight excluding hydrogens is 168 g/mol. The summed E-state index contributed by atoms with van der Waals surface area (Å²) < 4.78 is 5.36. The van der Waals surface area contributed by atoms with Gasteiger partial charge in [0.1, 0.15) is 5.76 Å². The summed E-state index contributed by atoms with van der Waals surface area (Å²) in [7, 11) is 0. The van der Waals surface area contributed by atoms with Gasteiger partial charge in [0, 0.05) is 12.5 Å². The van der Waals surface area contributed by atoms with Crippen LogP contribution in [0.15, 0.2) is 10.6 Å². The van der Waals surface area contributed by atoms with Gasteiger partial charge in [0.15, 0.2) is 0 Å². The maximum atomic E-state index is 9.00. The predicted molar refractivity (Wildman–Crippen MR) is 50.8 cm³/mol. The standard InChI is InChI=1S/C9H16N2O2/c1-6(2)8-5-11-9(13-8)10-4-7(3)12/h5-7,12H,4H2,1-3H3,(H,10,11)/t7-/m0/s1. The lowest BCUT2D eigenvalue weighted by Gasteiger charge is -2.03. The van der Waals surface area contributed by atoms with E-state index < -0.39 is 6.10 Å². The van der Waals surface area contributed by atoms with Gasteiger partial charge < -0.3 is 14.8 Å². The summed E-state index contributed by atoms with van der Waals surface area (Å²) in [4.78, 5) is 4.02. The number of nitrogens with one attached hydrogen (secondary N) is 1. The molecule has 1 aromatic rings. The topological polar surface area (TPSA) is 58.3 Å². The van der Waals surface area contributed by atoms with Crippen molar-refractivity contribution >= 4 is 6.01 Å². The number of oxazole rings is 1. The third-order valence-corrected chi connectivity index (χ3v) is 1.64. The van der Waals surface area contributed by atoms with Gasteiger partial charge in [0.05, 0.1) is 12.3 Å². The first kappa shape index (κ1) is 10.1. The highest BCUT2D eigenvalue weighted by Gasteiger charge is 2.06. The molecule has 0 aliphatic heterocycles. The van der Waals surface area contributed by atoms with Crippen molar-refractivity contribution in [2.45, 2.75) is 32.8 Å². The van der Waals surface area contributed by atoms with Gasteiger partial charge in [0.2, 0.25) is 0 Å². The normalized spacial score (nSPS) is 13.3. The van der Waals surface area contributed by atoms with Crippen LogP contribution in [-0.4, -0.2) is 22.7 Å². The minimum absolute atomic E-state index is 0.342. The number of aliphatic hydroxyl groups is 1. The zero-order valence-electron chi connectivity index (χ0n) is 8.24. The lowest BCUT2D eigenvalue weighted by Crippen LogP contribution is -2.15. The van der Waals surface area contributed by atoms with Gasteiger partial charge in [-0.2, -0.15) is 0 Å². The van der Waals surface area contributed by atoms with Gasteiger partial charge in [0.25, 0.3) is 6.01 Å². The second-order valence-electron chi connectivity index (χ2n) is 3.45. The zero-order valence-corrected chi connectivity index (χ0v) is 8.24. The van der Waals surface area contributed by atoms with Crippen LogP contribution in [0.3, 0.4) is 0 Å². The smallest absolute Gasteiger partial charge is 0.294 e. The summed E-state index contributed by atoms with van der Waals surface area (Å²) in [6, 6.07) is 0.476. The van der Waals surface area contributed by atoms with E-state index in [0.717, 1.165) is 5.76 Å². The molecule has 1 rings (SSSR count). The molecule has 0 saturated carbocycles.